The second-order valence-electron chi connectivity index (χ2n) is 0.513. The van der Waals surface area contributed by atoms with Crippen LogP contribution in [-0.4, -0.2) is 20.2 Å². The number of hydrogen-bond acceptors (Lipinski definition) is 1. The molecule has 5 N–H and O–H groups in total. The summed E-state index contributed by atoms with van der Waals surface area (Å²) in [5.41, 5.74) is 0. The van der Waals surface area contributed by atoms with Crippen molar-refractivity contribution in [1.29, 1.82) is 0 Å². The van der Waals surface area contributed by atoms with Gasteiger partial charge in [0.05, 0.1) is 0 Å². The summed E-state index contributed by atoms with van der Waals surface area (Å²) < 4.78 is 8.88. The Labute approximate surface area is 136 Å². The summed E-state index contributed by atoms with van der Waals surface area (Å²) in [5.74, 6) is 0. The molecule has 0 aliphatic rings. The minimum atomic E-state index is -4.64. The van der Waals surface area contributed by atoms with Crippen LogP contribution in [0.15, 0.2) is 0 Å². The molecule has 0 unspecified atom stereocenters. The maximum absolute atomic E-state index is 8.88. The van der Waals surface area contributed by atoms with Crippen molar-refractivity contribution in [3.8, 4) is 0 Å². The molecule has 0 aromatic heterocycles. The van der Waals surface area contributed by atoms with E-state index in [-0.39, 0.29) is 110 Å². The average molecular weight is 408 g/mol. The third-order valence-corrected chi connectivity index (χ3v) is 0. The summed E-state index contributed by atoms with van der Waals surface area (Å²) in [6.45, 7) is 0. The largest absolute Gasteiger partial charge is 1.00 e. The van der Waals surface area contributed by atoms with Crippen molar-refractivity contribution in [3.63, 3.8) is 0 Å². The van der Waals surface area contributed by atoms with Gasteiger partial charge in [0.15, 0.2) is 0 Å². The van der Waals surface area contributed by atoms with Gasteiger partial charge >= 0.3 is 26.7 Å². The number of phosphoric acid groups is 1. The Morgan fingerprint density at radius 3 is 1.08 bits per heavy atom. The Morgan fingerprint density at radius 2 is 1.08 bits per heavy atom. The molecule has 0 atom stereocenters. The van der Waals surface area contributed by atoms with E-state index >= 15 is 0 Å². The molecule has 0 rings (SSSR count). The Balaban J connectivity index is -0.00000000286. The van der Waals surface area contributed by atoms with Crippen LogP contribution in [0.2, 0.25) is 0 Å². The van der Waals surface area contributed by atoms with Crippen LogP contribution in [0.1, 0.15) is 1.43 Å². The van der Waals surface area contributed by atoms with Gasteiger partial charge in [0.1, 0.15) is 0 Å². The van der Waals surface area contributed by atoms with E-state index in [1.807, 2.05) is 0 Å². The van der Waals surface area contributed by atoms with Crippen LogP contribution < -0.4 is 18.9 Å². The van der Waals surface area contributed by atoms with Crippen molar-refractivity contribution >= 4 is 7.82 Å². The third kappa shape index (κ3) is 190. The molecular formula is H6CoFe2LiMnNiO5P. The molecule has 0 bridgehead atoms. The summed E-state index contributed by atoms with van der Waals surface area (Å²) >= 11 is 0. The van der Waals surface area contributed by atoms with Gasteiger partial charge in [-0.15, -0.1) is 0 Å². The van der Waals surface area contributed by atoms with Crippen molar-refractivity contribution in [3.05, 3.63) is 0 Å². The van der Waals surface area contributed by atoms with Crippen molar-refractivity contribution in [2.45, 2.75) is 0 Å². The molecule has 12 heteroatoms. The Hall–Kier alpha value is 3.23. The first-order valence-corrected chi connectivity index (χ1v) is 2.35. The quantitative estimate of drug-likeness (QED) is 0.277. The summed E-state index contributed by atoms with van der Waals surface area (Å²) in [6, 6.07) is 0. The monoisotopic (exact) mass is 408 g/mol. The first-order chi connectivity index (χ1) is 2.00. The molecule has 0 saturated carbocycles. The minimum absolute atomic E-state index is 0. The molecule has 0 aromatic rings. The van der Waals surface area contributed by atoms with E-state index in [9.17, 15) is 0 Å². The average Bonchev–Trinajstić information content (AvgIpc) is 0.722. The Bertz CT molecular complexity index is 80.7. The SMILES string of the molecule is O.O=P(O)(O)O.[Co].[Fe].[Fe].[H-].[Li+].[Mn].[Ni]. The van der Waals surface area contributed by atoms with Gasteiger partial charge in [0.25, 0.3) is 0 Å². The summed E-state index contributed by atoms with van der Waals surface area (Å²) in [5, 5.41) is 0. The summed E-state index contributed by atoms with van der Waals surface area (Å²) in [4.78, 5) is 21.6. The molecule has 84 valence electrons. The zero-order valence-electron chi connectivity index (χ0n) is 6.43. The van der Waals surface area contributed by atoms with Crippen LogP contribution in [0.3, 0.4) is 0 Å². The fourth-order valence-corrected chi connectivity index (χ4v) is 0. The topological polar surface area (TPSA) is 109 Å². The maximum Gasteiger partial charge on any atom is 1.00 e. The van der Waals surface area contributed by atoms with Crippen molar-refractivity contribution in [2.75, 3.05) is 0 Å². The fraction of sp³-hybridized carbons (Fsp3) is 0. The molecule has 5 nitrogen and oxygen atoms in total. The van der Waals surface area contributed by atoms with Gasteiger partial charge in [-0.25, -0.2) is 4.57 Å². The second kappa shape index (κ2) is 29.2. The molecule has 0 saturated heterocycles. The van der Waals surface area contributed by atoms with Crippen LogP contribution in [-0.2, 0) is 89.0 Å². The van der Waals surface area contributed by atoms with Crippen LogP contribution in [0.4, 0.5) is 0 Å². The predicted molar refractivity (Wildman–Crippen MR) is 19.0 cm³/mol. The summed E-state index contributed by atoms with van der Waals surface area (Å²) in [6.07, 6.45) is 0. The van der Waals surface area contributed by atoms with Gasteiger partial charge in [-0.05, 0) is 0 Å². The van der Waals surface area contributed by atoms with Gasteiger partial charge < -0.3 is 21.6 Å². The predicted octanol–water partition coefficient (Wildman–Crippen LogP) is -4.65. The standard InChI is InChI=1S/Co.2Fe.Li.Mn.Ni.H3O4P.H2O.H/c;;;;;;1-5(2,3)4;;/h;;;;;;(H3,1,2,3,4);1H2;/q;;;+1;;;;;-1. The normalized spacial score (nSPS) is 4.92. The number of hydrogen-bond donors (Lipinski definition) is 3. The molecule has 0 aromatic carbocycles. The maximum atomic E-state index is 8.88. The van der Waals surface area contributed by atoms with E-state index in [1.54, 1.807) is 0 Å². The molecule has 12 heavy (non-hydrogen) atoms. The zero-order valence-corrected chi connectivity index (χ0v) is 11.7. The van der Waals surface area contributed by atoms with E-state index in [2.05, 4.69) is 0 Å². The van der Waals surface area contributed by atoms with E-state index in [0.29, 0.717) is 0 Å². The van der Waals surface area contributed by atoms with E-state index in [4.69, 9.17) is 19.2 Å². The van der Waals surface area contributed by atoms with E-state index in [0.717, 1.165) is 0 Å². The van der Waals surface area contributed by atoms with Crippen molar-refractivity contribution in [2.24, 2.45) is 0 Å². The second-order valence-corrected chi connectivity index (χ2v) is 1.54. The molecule has 0 aliphatic heterocycles. The van der Waals surface area contributed by atoms with Crippen molar-refractivity contribution in [1.82, 2.24) is 0 Å². The van der Waals surface area contributed by atoms with Gasteiger partial charge in [-0.3, -0.25) is 0 Å². The van der Waals surface area contributed by atoms with E-state index < -0.39 is 7.82 Å². The minimum Gasteiger partial charge on any atom is -1.00 e. The van der Waals surface area contributed by atoms with Crippen LogP contribution in [0.5, 0.6) is 0 Å². The van der Waals surface area contributed by atoms with E-state index in [1.165, 1.54) is 0 Å². The Kier molecular flexibility index (Phi) is 144. The molecule has 0 spiro atoms. The number of rotatable bonds is 0. The van der Waals surface area contributed by atoms with Gasteiger partial charge in [-0.1, -0.05) is 0 Å². The van der Waals surface area contributed by atoms with Gasteiger partial charge in [0.2, 0.25) is 0 Å². The summed E-state index contributed by atoms with van der Waals surface area (Å²) in [7, 11) is -4.64. The van der Waals surface area contributed by atoms with Gasteiger partial charge in [-0.2, -0.15) is 0 Å². The molecule has 2 radical (unpaired) electrons. The third-order valence-electron chi connectivity index (χ3n) is 0. The molecule has 0 aliphatic carbocycles. The smallest absolute Gasteiger partial charge is 1.00 e. The zero-order chi connectivity index (χ0) is 4.50. The molecule has 0 heterocycles. The fourth-order valence-electron chi connectivity index (χ4n) is 0. The first-order valence-electron chi connectivity index (χ1n) is 0.783. The van der Waals surface area contributed by atoms with Crippen molar-refractivity contribution < 1.29 is 129 Å². The first kappa shape index (κ1) is 59.0. The van der Waals surface area contributed by atoms with Gasteiger partial charge in [0, 0.05) is 84.5 Å². The molecular weight excluding hydrogens is 402 g/mol. The molecule has 0 amide bonds. The van der Waals surface area contributed by atoms with Crippen LogP contribution in [0.25, 0.3) is 0 Å². The Morgan fingerprint density at radius 1 is 1.08 bits per heavy atom. The molecule has 0 fully saturated rings. The van der Waals surface area contributed by atoms with Crippen LogP contribution in [0, 0.1) is 0 Å². The van der Waals surface area contributed by atoms with Crippen LogP contribution >= 0.6 is 7.82 Å².